The number of hydrogen-bond acceptors (Lipinski definition) is 3. The second kappa shape index (κ2) is 4.97. The maximum atomic E-state index is 10.3. The summed E-state index contributed by atoms with van der Waals surface area (Å²) in [5, 5.41) is 10.3. The van der Waals surface area contributed by atoms with Gasteiger partial charge in [-0.2, -0.15) is 0 Å². The van der Waals surface area contributed by atoms with Crippen LogP contribution in [0.3, 0.4) is 0 Å². The number of aliphatic hydroxyl groups is 1. The molecule has 1 N–H and O–H groups in total. The van der Waals surface area contributed by atoms with Crippen LogP contribution in [0, 0.1) is 6.92 Å². The highest BCUT2D eigenvalue weighted by molar-refractivity contribution is 5.36. The maximum Gasteiger partial charge on any atom is 0.219 e. The molecule has 1 aromatic heterocycles. The molecule has 3 heteroatoms. The van der Waals surface area contributed by atoms with Gasteiger partial charge in [-0.05, 0) is 24.6 Å². The first-order valence-electron chi connectivity index (χ1n) is 5.46. The molecule has 1 unspecified atom stereocenters. The molecule has 1 heterocycles. The summed E-state index contributed by atoms with van der Waals surface area (Å²) >= 11 is 0. The number of pyridine rings is 1. The highest BCUT2D eigenvalue weighted by Gasteiger charge is 2.15. The Kier molecular flexibility index (Phi) is 3.40. The smallest absolute Gasteiger partial charge is 0.219 e. The lowest BCUT2D eigenvalue weighted by atomic mass is 10.0. The number of benzene rings is 1. The average molecular weight is 229 g/mol. The zero-order chi connectivity index (χ0) is 12.3. The highest BCUT2D eigenvalue weighted by atomic mass is 16.5. The third-order valence-electron chi connectivity index (χ3n) is 2.65. The summed E-state index contributed by atoms with van der Waals surface area (Å²) in [6, 6.07) is 11.4. The molecule has 0 spiro atoms. The molecule has 0 aliphatic rings. The lowest BCUT2D eigenvalue weighted by Crippen LogP contribution is -2.03. The first kappa shape index (κ1) is 11.6. The largest absolute Gasteiger partial charge is 0.481 e. The number of aromatic nitrogens is 1. The predicted molar refractivity (Wildman–Crippen MR) is 66.0 cm³/mol. The first-order chi connectivity index (χ1) is 8.22. The van der Waals surface area contributed by atoms with Crippen LogP contribution in [-0.4, -0.2) is 17.2 Å². The third-order valence-corrected chi connectivity index (χ3v) is 2.65. The summed E-state index contributed by atoms with van der Waals surface area (Å²) in [5.41, 5.74) is 2.64. The van der Waals surface area contributed by atoms with Crippen LogP contribution in [-0.2, 0) is 0 Å². The Bertz CT molecular complexity index is 511. The van der Waals surface area contributed by atoms with E-state index in [2.05, 4.69) is 4.98 Å². The SMILES string of the molecule is COc1ncccc1C(O)c1cccc(C)c1. The van der Waals surface area contributed by atoms with Crippen LogP contribution in [0.25, 0.3) is 0 Å². The van der Waals surface area contributed by atoms with E-state index < -0.39 is 6.10 Å². The Hall–Kier alpha value is -1.87. The van der Waals surface area contributed by atoms with Crippen LogP contribution >= 0.6 is 0 Å². The van der Waals surface area contributed by atoms with E-state index in [9.17, 15) is 5.11 Å². The maximum absolute atomic E-state index is 10.3. The van der Waals surface area contributed by atoms with Crippen molar-refractivity contribution in [3.63, 3.8) is 0 Å². The number of aliphatic hydroxyl groups excluding tert-OH is 1. The molecule has 0 bridgehead atoms. The van der Waals surface area contributed by atoms with Gasteiger partial charge in [-0.1, -0.05) is 29.8 Å². The zero-order valence-electron chi connectivity index (χ0n) is 9.92. The second-order valence-electron chi connectivity index (χ2n) is 3.92. The van der Waals surface area contributed by atoms with E-state index in [1.165, 1.54) is 0 Å². The molecule has 0 saturated carbocycles. The molecular weight excluding hydrogens is 214 g/mol. The van der Waals surface area contributed by atoms with E-state index in [0.29, 0.717) is 11.4 Å². The van der Waals surface area contributed by atoms with Crippen LogP contribution in [0.2, 0.25) is 0 Å². The highest BCUT2D eigenvalue weighted by Crippen LogP contribution is 2.28. The van der Waals surface area contributed by atoms with Gasteiger partial charge in [0.05, 0.1) is 7.11 Å². The molecule has 88 valence electrons. The van der Waals surface area contributed by atoms with Crippen molar-refractivity contribution in [1.29, 1.82) is 0 Å². The minimum absolute atomic E-state index is 0.460. The average Bonchev–Trinajstić information content (AvgIpc) is 2.38. The molecule has 0 aliphatic carbocycles. The van der Waals surface area contributed by atoms with Crippen molar-refractivity contribution in [3.05, 3.63) is 59.3 Å². The minimum atomic E-state index is -0.710. The second-order valence-corrected chi connectivity index (χ2v) is 3.92. The lowest BCUT2D eigenvalue weighted by molar-refractivity contribution is 0.213. The van der Waals surface area contributed by atoms with Gasteiger partial charge in [0, 0.05) is 11.8 Å². The molecular formula is C14H15NO2. The van der Waals surface area contributed by atoms with Gasteiger partial charge in [0.1, 0.15) is 6.10 Å². The fourth-order valence-corrected chi connectivity index (χ4v) is 1.80. The number of hydrogen-bond donors (Lipinski definition) is 1. The Balaban J connectivity index is 2.40. The van der Waals surface area contributed by atoms with Gasteiger partial charge in [0.25, 0.3) is 0 Å². The van der Waals surface area contributed by atoms with Crippen molar-refractivity contribution < 1.29 is 9.84 Å². The van der Waals surface area contributed by atoms with Crippen molar-refractivity contribution in [2.75, 3.05) is 7.11 Å². The molecule has 17 heavy (non-hydrogen) atoms. The third kappa shape index (κ3) is 2.45. The van der Waals surface area contributed by atoms with E-state index >= 15 is 0 Å². The summed E-state index contributed by atoms with van der Waals surface area (Å²) in [7, 11) is 1.55. The Morgan fingerprint density at radius 2 is 2.06 bits per heavy atom. The molecule has 0 saturated heterocycles. The quantitative estimate of drug-likeness (QED) is 0.879. The van der Waals surface area contributed by atoms with Crippen LogP contribution in [0.15, 0.2) is 42.6 Å². The van der Waals surface area contributed by atoms with E-state index in [4.69, 9.17) is 4.74 Å². The van der Waals surface area contributed by atoms with Gasteiger partial charge in [0.15, 0.2) is 0 Å². The standard InChI is InChI=1S/C14H15NO2/c1-10-5-3-6-11(9-10)13(16)12-7-4-8-15-14(12)17-2/h3-9,13,16H,1-2H3. The lowest BCUT2D eigenvalue weighted by Gasteiger charge is -2.14. The van der Waals surface area contributed by atoms with Crippen LogP contribution in [0.1, 0.15) is 22.8 Å². The molecule has 0 aliphatic heterocycles. The van der Waals surface area contributed by atoms with E-state index in [1.807, 2.05) is 37.3 Å². The van der Waals surface area contributed by atoms with Crippen molar-refractivity contribution in [2.24, 2.45) is 0 Å². The summed E-state index contributed by atoms with van der Waals surface area (Å²) in [6.07, 6.45) is 0.934. The Labute approximate surface area is 101 Å². The van der Waals surface area contributed by atoms with Gasteiger partial charge in [-0.3, -0.25) is 0 Å². The monoisotopic (exact) mass is 229 g/mol. The molecule has 3 nitrogen and oxygen atoms in total. The summed E-state index contributed by atoms with van der Waals surface area (Å²) in [6.45, 7) is 2.00. The fourth-order valence-electron chi connectivity index (χ4n) is 1.80. The number of aryl methyl sites for hydroxylation is 1. The van der Waals surface area contributed by atoms with Gasteiger partial charge < -0.3 is 9.84 Å². The molecule has 1 aromatic carbocycles. The van der Waals surface area contributed by atoms with Crippen LogP contribution in [0.5, 0.6) is 5.88 Å². The van der Waals surface area contributed by atoms with Crippen LogP contribution < -0.4 is 4.74 Å². The number of ether oxygens (including phenoxy) is 1. The van der Waals surface area contributed by atoms with Crippen molar-refractivity contribution >= 4 is 0 Å². The minimum Gasteiger partial charge on any atom is -0.481 e. The number of methoxy groups -OCH3 is 1. The van der Waals surface area contributed by atoms with Gasteiger partial charge >= 0.3 is 0 Å². The molecule has 0 fully saturated rings. The Morgan fingerprint density at radius 3 is 2.76 bits per heavy atom. The van der Waals surface area contributed by atoms with Gasteiger partial charge in [-0.15, -0.1) is 0 Å². The van der Waals surface area contributed by atoms with Gasteiger partial charge in [0.2, 0.25) is 5.88 Å². The predicted octanol–water partition coefficient (Wildman–Crippen LogP) is 2.48. The Morgan fingerprint density at radius 1 is 1.24 bits per heavy atom. The number of nitrogens with zero attached hydrogens (tertiary/aromatic N) is 1. The molecule has 0 radical (unpaired) electrons. The van der Waals surface area contributed by atoms with E-state index in [1.54, 1.807) is 19.4 Å². The molecule has 2 aromatic rings. The normalized spacial score (nSPS) is 12.2. The van der Waals surface area contributed by atoms with Crippen molar-refractivity contribution in [3.8, 4) is 5.88 Å². The number of rotatable bonds is 3. The van der Waals surface area contributed by atoms with Crippen molar-refractivity contribution in [2.45, 2.75) is 13.0 Å². The zero-order valence-corrected chi connectivity index (χ0v) is 9.92. The summed E-state index contributed by atoms with van der Waals surface area (Å²) in [4.78, 5) is 4.08. The first-order valence-corrected chi connectivity index (χ1v) is 5.46. The topological polar surface area (TPSA) is 42.4 Å². The fraction of sp³-hybridized carbons (Fsp3) is 0.214. The van der Waals surface area contributed by atoms with E-state index in [-0.39, 0.29) is 0 Å². The van der Waals surface area contributed by atoms with Gasteiger partial charge in [-0.25, -0.2) is 4.98 Å². The summed E-state index contributed by atoms with van der Waals surface area (Å²) in [5.74, 6) is 0.460. The van der Waals surface area contributed by atoms with Crippen LogP contribution in [0.4, 0.5) is 0 Å². The van der Waals surface area contributed by atoms with E-state index in [0.717, 1.165) is 11.1 Å². The molecule has 2 rings (SSSR count). The van der Waals surface area contributed by atoms with Crippen molar-refractivity contribution in [1.82, 2.24) is 4.98 Å². The molecule has 1 atom stereocenters. The summed E-state index contributed by atoms with van der Waals surface area (Å²) < 4.78 is 5.15. The molecule has 0 amide bonds.